The van der Waals surface area contributed by atoms with Crippen LogP contribution in [0.1, 0.15) is 33.3 Å². The van der Waals surface area contributed by atoms with Crippen LogP contribution < -0.4 is 10.4 Å². The highest BCUT2D eigenvalue weighted by Gasteiger charge is 2.53. The van der Waals surface area contributed by atoms with E-state index in [1.165, 1.54) is 6.92 Å². The standard InChI is InChI=1S/C24H26O12/c1-11-7-6-8-16-20(11)17(9-19(29)34-16)35-24-23(33-15(5)28)22(32-14(4)27)21(31-13(3)26)18(36-24)10-30-12(2)25/h6-9,18,21-24H,10H2,1-5H3/t18-,21-,22+,23-,24+/m1/s1. The number of rotatable bonds is 7. The van der Waals surface area contributed by atoms with Crippen LogP contribution in [0.4, 0.5) is 0 Å². The molecule has 0 unspecified atom stereocenters. The molecular weight excluding hydrogens is 480 g/mol. The Bertz CT molecular complexity index is 1220. The number of ether oxygens (including phenoxy) is 6. The zero-order valence-corrected chi connectivity index (χ0v) is 20.3. The molecule has 1 aliphatic rings. The van der Waals surface area contributed by atoms with E-state index >= 15 is 0 Å². The van der Waals surface area contributed by atoms with Gasteiger partial charge in [0.15, 0.2) is 12.2 Å². The van der Waals surface area contributed by atoms with Gasteiger partial charge in [0.1, 0.15) is 24.0 Å². The maximum atomic E-state index is 12.2. The van der Waals surface area contributed by atoms with E-state index < -0.39 is 66.8 Å². The smallest absolute Gasteiger partial charge is 0.339 e. The Balaban J connectivity index is 2.10. The second-order valence-corrected chi connectivity index (χ2v) is 8.06. The molecule has 2 aromatic rings. The minimum atomic E-state index is -1.48. The summed E-state index contributed by atoms with van der Waals surface area (Å²) in [6.07, 6.45) is -6.83. The van der Waals surface area contributed by atoms with Crippen LogP contribution in [-0.4, -0.2) is 61.2 Å². The number of carbonyl (C=O) groups is 4. The Morgan fingerprint density at radius 1 is 0.861 bits per heavy atom. The van der Waals surface area contributed by atoms with Crippen LogP contribution in [0, 0.1) is 6.92 Å². The first-order chi connectivity index (χ1) is 17.0. The van der Waals surface area contributed by atoms with E-state index in [1.54, 1.807) is 25.1 Å². The molecule has 0 radical (unpaired) electrons. The summed E-state index contributed by atoms with van der Waals surface area (Å²) in [5, 5.41) is 0.449. The fourth-order valence-electron chi connectivity index (χ4n) is 3.86. The molecule has 1 aliphatic heterocycles. The van der Waals surface area contributed by atoms with E-state index in [4.69, 9.17) is 32.8 Å². The average molecular weight is 506 g/mol. The monoisotopic (exact) mass is 506 g/mol. The molecule has 0 N–H and O–H groups in total. The summed E-state index contributed by atoms with van der Waals surface area (Å²) in [6, 6.07) is 6.12. The highest BCUT2D eigenvalue weighted by atomic mass is 16.7. The average Bonchev–Trinajstić information content (AvgIpc) is 2.75. The number of aryl methyl sites for hydroxylation is 1. The summed E-state index contributed by atoms with van der Waals surface area (Å²) in [4.78, 5) is 59.4. The van der Waals surface area contributed by atoms with Gasteiger partial charge < -0.3 is 32.8 Å². The fourth-order valence-corrected chi connectivity index (χ4v) is 3.86. The third kappa shape index (κ3) is 6.39. The lowest BCUT2D eigenvalue weighted by Crippen LogP contribution is -2.63. The van der Waals surface area contributed by atoms with Gasteiger partial charge in [-0.3, -0.25) is 19.2 Å². The molecule has 36 heavy (non-hydrogen) atoms. The van der Waals surface area contributed by atoms with Crippen molar-refractivity contribution in [2.24, 2.45) is 0 Å². The van der Waals surface area contributed by atoms with Crippen LogP contribution in [0.25, 0.3) is 11.0 Å². The zero-order chi connectivity index (χ0) is 26.6. The Morgan fingerprint density at radius 2 is 1.47 bits per heavy atom. The first-order valence-electron chi connectivity index (χ1n) is 11.0. The summed E-state index contributed by atoms with van der Waals surface area (Å²) >= 11 is 0. The second-order valence-electron chi connectivity index (χ2n) is 8.06. The summed E-state index contributed by atoms with van der Waals surface area (Å²) in [5.41, 5.74) is 0.230. The number of fused-ring (bicyclic) bond motifs is 1. The summed E-state index contributed by atoms with van der Waals surface area (Å²) in [5.74, 6) is -2.91. The molecule has 1 aromatic heterocycles. The SMILES string of the molecule is CC(=O)OC[C@H]1O[C@H](Oc2cc(=O)oc3cccc(C)c23)[C@H](OC(C)=O)[C@@H](OC(C)=O)[C@@H]1OC(C)=O. The van der Waals surface area contributed by atoms with Crippen LogP contribution in [0.2, 0.25) is 0 Å². The van der Waals surface area contributed by atoms with Gasteiger partial charge in [-0.25, -0.2) is 4.79 Å². The Hall–Kier alpha value is -3.93. The van der Waals surface area contributed by atoms with Crippen molar-refractivity contribution in [1.29, 1.82) is 0 Å². The number of carbonyl (C=O) groups excluding carboxylic acids is 4. The second kappa shape index (κ2) is 11.2. The third-order valence-electron chi connectivity index (χ3n) is 5.13. The molecule has 194 valence electrons. The van der Waals surface area contributed by atoms with Crippen LogP contribution in [0.5, 0.6) is 5.75 Å². The van der Waals surface area contributed by atoms with Gasteiger partial charge in [-0.2, -0.15) is 0 Å². The number of hydrogen-bond acceptors (Lipinski definition) is 12. The highest BCUT2D eigenvalue weighted by Crippen LogP contribution is 2.34. The van der Waals surface area contributed by atoms with Gasteiger partial charge in [0, 0.05) is 27.7 Å². The molecule has 2 heterocycles. The normalized spacial score (nSPS) is 23.4. The predicted octanol–water partition coefficient (Wildman–Crippen LogP) is 1.56. The van der Waals surface area contributed by atoms with E-state index in [1.807, 2.05) is 0 Å². The maximum Gasteiger partial charge on any atom is 0.339 e. The van der Waals surface area contributed by atoms with E-state index in [0.29, 0.717) is 10.9 Å². The van der Waals surface area contributed by atoms with Crippen molar-refractivity contribution in [3.8, 4) is 5.75 Å². The summed E-state index contributed by atoms with van der Waals surface area (Å²) in [6.45, 7) is 5.87. The first kappa shape index (κ1) is 26.7. The van der Waals surface area contributed by atoms with Crippen LogP contribution >= 0.6 is 0 Å². The third-order valence-corrected chi connectivity index (χ3v) is 5.13. The van der Waals surface area contributed by atoms with Crippen molar-refractivity contribution >= 4 is 34.8 Å². The van der Waals surface area contributed by atoms with Crippen molar-refractivity contribution < 1.29 is 52.0 Å². The van der Waals surface area contributed by atoms with Crippen LogP contribution in [-0.2, 0) is 42.9 Å². The number of benzene rings is 1. The van der Waals surface area contributed by atoms with E-state index in [2.05, 4.69) is 0 Å². The molecule has 1 aromatic carbocycles. The highest BCUT2D eigenvalue weighted by molar-refractivity contribution is 5.86. The minimum absolute atomic E-state index is 0.0419. The Kier molecular flexibility index (Phi) is 8.30. The molecular formula is C24H26O12. The van der Waals surface area contributed by atoms with Crippen molar-refractivity contribution in [3.63, 3.8) is 0 Å². The Labute approximate surface area is 205 Å². The van der Waals surface area contributed by atoms with Crippen molar-refractivity contribution in [2.75, 3.05) is 6.61 Å². The molecule has 0 bridgehead atoms. The van der Waals surface area contributed by atoms with Gasteiger partial charge in [0.2, 0.25) is 12.4 Å². The fraction of sp³-hybridized carbons (Fsp3) is 0.458. The van der Waals surface area contributed by atoms with Crippen LogP contribution in [0.15, 0.2) is 33.5 Å². The molecule has 1 saturated heterocycles. The largest absolute Gasteiger partial charge is 0.463 e. The minimum Gasteiger partial charge on any atom is -0.463 e. The van der Waals surface area contributed by atoms with E-state index in [-0.39, 0.29) is 11.3 Å². The lowest BCUT2D eigenvalue weighted by atomic mass is 9.98. The maximum absolute atomic E-state index is 12.2. The molecule has 0 amide bonds. The molecule has 0 spiro atoms. The van der Waals surface area contributed by atoms with Gasteiger partial charge in [-0.05, 0) is 18.6 Å². The molecule has 12 heteroatoms. The molecule has 3 rings (SSSR count). The predicted molar refractivity (Wildman–Crippen MR) is 120 cm³/mol. The lowest BCUT2D eigenvalue weighted by molar-refractivity contribution is -0.288. The van der Waals surface area contributed by atoms with E-state index in [9.17, 15) is 24.0 Å². The summed E-state index contributed by atoms with van der Waals surface area (Å²) < 4.78 is 38.3. The van der Waals surface area contributed by atoms with Crippen LogP contribution in [0.3, 0.4) is 0 Å². The van der Waals surface area contributed by atoms with Gasteiger partial charge in [0.05, 0.1) is 11.5 Å². The summed E-state index contributed by atoms with van der Waals surface area (Å²) in [7, 11) is 0. The molecule has 0 saturated carbocycles. The molecule has 1 fully saturated rings. The van der Waals surface area contributed by atoms with Crippen molar-refractivity contribution in [1.82, 2.24) is 0 Å². The topological polar surface area (TPSA) is 154 Å². The molecule has 5 atom stereocenters. The van der Waals surface area contributed by atoms with E-state index in [0.717, 1.165) is 26.8 Å². The molecule has 0 aliphatic carbocycles. The first-order valence-corrected chi connectivity index (χ1v) is 11.0. The molecule has 12 nitrogen and oxygen atoms in total. The quantitative estimate of drug-likeness (QED) is 0.304. The van der Waals surface area contributed by atoms with Gasteiger partial charge in [0.25, 0.3) is 0 Å². The zero-order valence-electron chi connectivity index (χ0n) is 20.3. The van der Waals surface area contributed by atoms with Crippen molar-refractivity contribution in [2.45, 2.75) is 65.3 Å². The number of hydrogen-bond donors (Lipinski definition) is 0. The van der Waals surface area contributed by atoms with Gasteiger partial charge in [-0.1, -0.05) is 12.1 Å². The van der Waals surface area contributed by atoms with Crippen molar-refractivity contribution in [3.05, 3.63) is 40.2 Å². The van der Waals surface area contributed by atoms with Gasteiger partial charge in [-0.15, -0.1) is 0 Å². The Morgan fingerprint density at radius 3 is 2.08 bits per heavy atom. The number of esters is 4. The van der Waals surface area contributed by atoms with Gasteiger partial charge >= 0.3 is 29.5 Å². The lowest BCUT2D eigenvalue weighted by Gasteiger charge is -2.43.